The Bertz CT molecular complexity index is 1020. The zero-order valence-corrected chi connectivity index (χ0v) is 15.1. The maximum Gasteiger partial charge on any atom is 0.405 e. The molecule has 0 aliphatic heterocycles. The molecule has 8 nitrogen and oxygen atoms in total. The fourth-order valence-corrected chi connectivity index (χ4v) is 3.52. The van der Waals surface area contributed by atoms with Gasteiger partial charge in [-0.2, -0.15) is 13.2 Å². The molecule has 2 rings (SSSR count). The topological polar surface area (TPSA) is 118 Å². The van der Waals surface area contributed by atoms with Gasteiger partial charge in [-0.3, -0.25) is 19.6 Å². The van der Waals surface area contributed by atoms with E-state index in [1.165, 1.54) is 31.2 Å². The molecule has 0 saturated heterocycles. The standard InChI is InChI=1S/C16H14F3N3O5S/c1-10-5-6-13(22(24)25)8-14(10)28(26,27)21-12-4-2-3-11(7-12)15(23)20-9-16(17,18)19/h2-8,21H,9H2,1H3,(H,20,23). The van der Waals surface area contributed by atoms with E-state index in [1.54, 1.807) is 5.32 Å². The van der Waals surface area contributed by atoms with Crippen molar-refractivity contribution in [1.29, 1.82) is 0 Å². The lowest BCUT2D eigenvalue weighted by atomic mass is 10.2. The van der Waals surface area contributed by atoms with E-state index >= 15 is 0 Å². The summed E-state index contributed by atoms with van der Waals surface area (Å²) in [5.74, 6) is -1.04. The largest absolute Gasteiger partial charge is 0.405 e. The number of hydrogen-bond donors (Lipinski definition) is 2. The fourth-order valence-electron chi connectivity index (χ4n) is 2.21. The number of anilines is 1. The summed E-state index contributed by atoms with van der Waals surface area (Å²) >= 11 is 0. The van der Waals surface area contributed by atoms with E-state index in [1.807, 2.05) is 0 Å². The maximum atomic E-state index is 12.6. The van der Waals surface area contributed by atoms with Gasteiger partial charge in [0.05, 0.1) is 9.82 Å². The Morgan fingerprint density at radius 1 is 1.18 bits per heavy atom. The molecule has 12 heteroatoms. The smallest absolute Gasteiger partial charge is 0.343 e. The average Bonchev–Trinajstić information content (AvgIpc) is 2.58. The first kappa shape index (κ1) is 21.2. The molecule has 0 fully saturated rings. The molecule has 0 aromatic heterocycles. The van der Waals surface area contributed by atoms with Crippen molar-refractivity contribution in [1.82, 2.24) is 5.32 Å². The van der Waals surface area contributed by atoms with Gasteiger partial charge in [-0.25, -0.2) is 8.42 Å². The molecule has 1 amide bonds. The second kappa shape index (κ2) is 7.84. The molecular formula is C16H14F3N3O5S. The van der Waals surface area contributed by atoms with Crippen LogP contribution in [0.3, 0.4) is 0 Å². The van der Waals surface area contributed by atoms with Crippen LogP contribution in [0.1, 0.15) is 15.9 Å². The molecule has 0 aliphatic rings. The van der Waals surface area contributed by atoms with Crippen LogP contribution in [0, 0.1) is 17.0 Å². The molecule has 0 aliphatic carbocycles. The van der Waals surface area contributed by atoms with Crippen LogP contribution in [0.25, 0.3) is 0 Å². The van der Waals surface area contributed by atoms with E-state index in [9.17, 15) is 36.5 Å². The van der Waals surface area contributed by atoms with Crippen LogP contribution in [-0.2, 0) is 10.0 Å². The van der Waals surface area contributed by atoms with Gasteiger partial charge in [0.25, 0.3) is 21.6 Å². The van der Waals surface area contributed by atoms with E-state index in [0.717, 1.165) is 18.2 Å². The summed E-state index contributed by atoms with van der Waals surface area (Å²) in [6.45, 7) is -0.0893. The SMILES string of the molecule is Cc1ccc([N+](=O)[O-])cc1S(=O)(=O)Nc1cccc(C(=O)NCC(F)(F)F)c1. The zero-order chi connectivity index (χ0) is 21.1. The summed E-state index contributed by atoms with van der Waals surface area (Å²) in [6, 6.07) is 8.13. The highest BCUT2D eigenvalue weighted by atomic mass is 32.2. The van der Waals surface area contributed by atoms with Crippen LogP contribution in [0.2, 0.25) is 0 Å². The summed E-state index contributed by atoms with van der Waals surface area (Å²) in [5.41, 5.74) is -0.464. The molecule has 0 unspecified atom stereocenters. The number of amides is 1. The van der Waals surface area contributed by atoms with Crippen LogP contribution >= 0.6 is 0 Å². The number of nitro groups is 1. The predicted octanol–water partition coefficient (Wildman–Crippen LogP) is 3.00. The Morgan fingerprint density at radius 3 is 2.46 bits per heavy atom. The summed E-state index contributed by atoms with van der Waals surface area (Å²) in [6.07, 6.45) is -4.59. The van der Waals surface area contributed by atoms with Crippen LogP contribution in [-0.4, -0.2) is 32.0 Å². The minimum absolute atomic E-state index is 0.0921. The molecule has 0 bridgehead atoms. The van der Waals surface area contributed by atoms with Gasteiger partial charge in [-0.05, 0) is 30.7 Å². The van der Waals surface area contributed by atoms with Gasteiger partial charge in [-0.15, -0.1) is 0 Å². The molecule has 2 aromatic rings. The lowest BCUT2D eigenvalue weighted by Gasteiger charge is -2.12. The van der Waals surface area contributed by atoms with Gasteiger partial charge in [0.15, 0.2) is 0 Å². The third-order valence-corrected chi connectivity index (χ3v) is 5.02. The number of sulfonamides is 1. The highest BCUT2D eigenvalue weighted by Gasteiger charge is 2.28. The maximum absolute atomic E-state index is 12.6. The first-order chi connectivity index (χ1) is 12.9. The number of rotatable bonds is 6. The molecule has 0 radical (unpaired) electrons. The van der Waals surface area contributed by atoms with E-state index < -0.39 is 39.3 Å². The van der Waals surface area contributed by atoms with Crippen LogP contribution in [0.5, 0.6) is 0 Å². The number of carbonyl (C=O) groups excluding carboxylic acids is 1. The van der Waals surface area contributed by atoms with E-state index in [4.69, 9.17) is 0 Å². The normalized spacial score (nSPS) is 11.7. The second-order valence-corrected chi connectivity index (χ2v) is 7.34. The van der Waals surface area contributed by atoms with E-state index in [0.29, 0.717) is 0 Å². The Hall–Kier alpha value is -3.15. The van der Waals surface area contributed by atoms with Gasteiger partial charge < -0.3 is 5.32 Å². The molecule has 28 heavy (non-hydrogen) atoms. The van der Waals surface area contributed by atoms with Crippen molar-refractivity contribution in [2.75, 3.05) is 11.3 Å². The quantitative estimate of drug-likeness (QED) is 0.553. The van der Waals surface area contributed by atoms with Crippen molar-refractivity contribution in [3.05, 3.63) is 63.7 Å². The summed E-state index contributed by atoms with van der Waals surface area (Å²) in [7, 11) is -4.24. The molecule has 0 spiro atoms. The van der Waals surface area contributed by atoms with E-state index in [-0.39, 0.29) is 21.7 Å². The highest BCUT2D eigenvalue weighted by molar-refractivity contribution is 7.92. The predicted molar refractivity (Wildman–Crippen MR) is 93.5 cm³/mol. The number of alkyl halides is 3. The van der Waals surface area contributed by atoms with Gasteiger partial charge >= 0.3 is 6.18 Å². The molecular weight excluding hydrogens is 403 g/mol. The number of carbonyl (C=O) groups is 1. The number of nitrogens with zero attached hydrogens (tertiary/aromatic N) is 1. The summed E-state index contributed by atoms with van der Waals surface area (Å²) < 4.78 is 63.8. The number of nitro benzene ring substituents is 1. The van der Waals surface area contributed by atoms with Crippen molar-refractivity contribution in [3.63, 3.8) is 0 Å². The first-order valence-electron chi connectivity index (χ1n) is 7.62. The monoisotopic (exact) mass is 417 g/mol. The van der Waals surface area contributed by atoms with Crippen LogP contribution < -0.4 is 10.0 Å². The third-order valence-electron chi connectivity index (χ3n) is 3.50. The highest BCUT2D eigenvalue weighted by Crippen LogP contribution is 2.24. The molecule has 150 valence electrons. The Balaban J connectivity index is 2.27. The van der Waals surface area contributed by atoms with Crippen LogP contribution in [0.4, 0.5) is 24.5 Å². The number of aryl methyl sites for hydroxylation is 1. The van der Waals surface area contributed by atoms with Gasteiger partial charge in [0.2, 0.25) is 0 Å². The van der Waals surface area contributed by atoms with Crippen molar-refractivity contribution >= 4 is 27.3 Å². The number of halogens is 3. The Kier molecular flexibility index (Phi) is 5.92. The number of non-ortho nitro benzene ring substituents is 1. The Morgan fingerprint density at radius 2 is 1.86 bits per heavy atom. The van der Waals surface area contributed by atoms with Crippen molar-refractivity contribution in [2.24, 2.45) is 0 Å². The number of nitrogens with one attached hydrogen (secondary N) is 2. The van der Waals surface area contributed by atoms with Crippen LogP contribution in [0.15, 0.2) is 47.4 Å². The van der Waals surface area contributed by atoms with Gasteiger partial charge in [-0.1, -0.05) is 12.1 Å². The minimum atomic E-state index is -4.59. The molecule has 0 atom stereocenters. The van der Waals surface area contributed by atoms with Crippen molar-refractivity contribution in [2.45, 2.75) is 18.0 Å². The summed E-state index contributed by atoms with van der Waals surface area (Å²) in [4.78, 5) is 21.6. The fraction of sp³-hybridized carbons (Fsp3) is 0.188. The van der Waals surface area contributed by atoms with Gasteiger partial charge in [0, 0.05) is 23.4 Å². The second-order valence-electron chi connectivity index (χ2n) is 5.69. The van der Waals surface area contributed by atoms with Crippen molar-refractivity contribution in [3.8, 4) is 0 Å². The molecule has 2 N–H and O–H groups in total. The lowest BCUT2D eigenvalue weighted by Crippen LogP contribution is -2.33. The lowest BCUT2D eigenvalue weighted by molar-refractivity contribution is -0.385. The van der Waals surface area contributed by atoms with Crippen molar-refractivity contribution < 1.29 is 31.3 Å². The number of benzene rings is 2. The zero-order valence-electron chi connectivity index (χ0n) is 14.3. The van der Waals surface area contributed by atoms with Gasteiger partial charge in [0.1, 0.15) is 6.54 Å². The third kappa shape index (κ3) is 5.42. The minimum Gasteiger partial charge on any atom is -0.343 e. The molecule has 0 saturated carbocycles. The van der Waals surface area contributed by atoms with E-state index in [2.05, 4.69) is 4.72 Å². The Labute approximate surface area is 157 Å². The average molecular weight is 417 g/mol. The molecule has 0 heterocycles. The number of hydrogen-bond acceptors (Lipinski definition) is 5. The summed E-state index contributed by atoms with van der Waals surface area (Å²) in [5, 5.41) is 12.5. The first-order valence-corrected chi connectivity index (χ1v) is 9.10. The molecule has 2 aromatic carbocycles.